The third-order valence-electron chi connectivity index (χ3n) is 4.71. The highest BCUT2D eigenvalue weighted by Crippen LogP contribution is 2.21. The van der Waals surface area contributed by atoms with E-state index in [4.69, 9.17) is 4.74 Å². The average molecular weight is 431 g/mol. The van der Waals surface area contributed by atoms with Crippen LogP contribution >= 0.6 is 0 Å². The minimum atomic E-state index is -0.721. The predicted molar refractivity (Wildman–Crippen MR) is 113 cm³/mol. The van der Waals surface area contributed by atoms with Crippen LogP contribution in [0.5, 0.6) is 0 Å². The Morgan fingerprint density at radius 3 is 2.58 bits per heavy atom. The molecule has 4 N–H and O–H groups in total. The Bertz CT molecular complexity index is 1130. The van der Waals surface area contributed by atoms with Gasteiger partial charge in [-0.05, 0) is 45.7 Å². The number of benzene rings is 1. The average Bonchev–Trinajstić information content (AvgIpc) is 3.18. The number of nitrogens with one attached hydrogen (secondary N) is 4. The second kappa shape index (κ2) is 8.62. The molecule has 1 aliphatic heterocycles. The fourth-order valence-corrected chi connectivity index (χ4v) is 3.39. The Balaban J connectivity index is 1.64. The summed E-state index contributed by atoms with van der Waals surface area (Å²) in [4.78, 5) is 62.5. The lowest BCUT2D eigenvalue weighted by molar-refractivity contribution is -0.127. The number of nitrogens with zero attached hydrogens (tertiary/aromatic N) is 1. The summed E-state index contributed by atoms with van der Waals surface area (Å²) in [5, 5.41) is 9.64. The predicted octanol–water partition coefficient (Wildman–Crippen LogP) is 0.671. The molecule has 166 valence electrons. The fourth-order valence-electron chi connectivity index (χ4n) is 3.39. The summed E-state index contributed by atoms with van der Waals surface area (Å²) in [7, 11) is 0. The van der Waals surface area contributed by atoms with Crippen LogP contribution in [0.4, 0.5) is 10.5 Å². The van der Waals surface area contributed by atoms with Gasteiger partial charge in [0.1, 0.15) is 11.6 Å². The van der Waals surface area contributed by atoms with Gasteiger partial charge >= 0.3 is 6.09 Å². The van der Waals surface area contributed by atoms with Gasteiger partial charge in [0, 0.05) is 6.54 Å². The molecule has 0 spiro atoms. The maximum Gasteiger partial charge on any atom is 0.410 e. The lowest BCUT2D eigenvalue weighted by Gasteiger charge is -2.28. The highest BCUT2D eigenvalue weighted by Gasteiger charge is 2.36. The number of hydrogen-bond donors (Lipinski definition) is 4. The number of carbonyl (C=O) groups excluding carboxylic acids is 3. The van der Waals surface area contributed by atoms with Gasteiger partial charge in [-0.15, -0.1) is 0 Å². The maximum atomic E-state index is 12.6. The molecule has 1 atom stereocenters. The standard InChI is InChI=1S/C20H25N5O6/c1-20(2,3)31-19(30)25-9-5-8-13(25)17(28)21-10-14(26)22-12-7-4-6-11-15(12)18(29)24-23-16(11)27/h4,6-7,13H,5,8-10H2,1-3H3,(H,21,28)(H,22,26)(H,23,27)(H,24,29)/t13-/m0/s1. The van der Waals surface area contributed by atoms with Gasteiger partial charge in [-0.25, -0.2) is 4.79 Å². The molecule has 31 heavy (non-hydrogen) atoms. The van der Waals surface area contributed by atoms with Crippen molar-refractivity contribution in [2.24, 2.45) is 0 Å². The van der Waals surface area contributed by atoms with Gasteiger partial charge in [0.05, 0.1) is 23.0 Å². The molecule has 1 saturated heterocycles. The van der Waals surface area contributed by atoms with Crippen molar-refractivity contribution in [2.45, 2.75) is 45.3 Å². The molecule has 0 radical (unpaired) electrons. The van der Waals surface area contributed by atoms with Gasteiger partial charge in [-0.1, -0.05) is 6.07 Å². The van der Waals surface area contributed by atoms with Crippen LogP contribution in [0.3, 0.4) is 0 Å². The van der Waals surface area contributed by atoms with Gasteiger partial charge in [0.2, 0.25) is 11.8 Å². The second-order valence-electron chi connectivity index (χ2n) is 8.23. The van der Waals surface area contributed by atoms with Crippen molar-refractivity contribution < 1.29 is 19.1 Å². The Kier molecular flexibility index (Phi) is 6.14. The summed E-state index contributed by atoms with van der Waals surface area (Å²) < 4.78 is 5.34. The van der Waals surface area contributed by atoms with Crippen molar-refractivity contribution in [3.8, 4) is 0 Å². The Morgan fingerprint density at radius 1 is 1.16 bits per heavy atom. The molecule has 1 aromatic heterocycles. The number of amides is 3. The van der Waals surface area contributed by atoms with Crippen LogP contribution in [0.1, 0.15) is 33.6 Å². The summed E-state index contributed by atoms with van der Waals surface area (Å²) in [5.74, 6) is -1.05. The number of likely N-dealkylation sites (tertiary alicyclic amines) is 1. The van der Waals surface area contributed by atoms with Crippen LogP contribution in [0.25, 0.3) is 10.8 Å². The summed E-state index contributed by atoms with van der Waals surface area (Å²) in [6.07, 6.45) is 0.542. The highest BCUT2D eigenvalue weighted by atomic mass is 16.6. The molecule has 1 aliphatic rings. The fraction of sp³-hybridized carbons (Fsp3) is 0.450. The van der Waals surface area contributed by atoms with E-state index in [1.54, 1.807) is 20.8 Å². The maximum absolute atomic E-state index is 12.6. The van der Waals surface area contributed by atoms with Crippen LogP contribution in [0.2, 0.25) is 0 Å². The zero-order valence-corrected chi connectivity index (χ0v) is 17.5. The molecule has 1 fully saturated rings. The smallest absolute Gasteiger partial charge is 0.410 e. The van der Waals surface area contributed by atoms with Gasteiger partial charge in [0.25, 0.3) is 11.1 Å². The number of hydrogen-bond acceptors (Lipinski definition) is 6. The van der Waals surface area contributed by atoms with E-state index < -0.39 is 40.7 Å². The van der Waals surface area contributed by atoms with E-state index >= 15 is 0 Å². The molecule has 3 rings (SSSR count). The third-order valence-corrected chi connectivity index (χ3v) is 4.71. The number of aromatic nitrogens is 2. The number of anilines is 1. The van der Waals surface area contributed by atoms with Crippen molar-refractivity contribution >= 4 is 34.4 Å². The first-order valence-corrected chi connectivity index (χ1v) is 9.87. The van der Waals surface area contributed by atoms with Gasteiger partial charge in [-0.3, -0.25) is 34.3 Å². The zero-order chi connectivity index (χ0) is 22.8. The van der Waals surface area contributed by atoms with Gasteiger partial charge in [0.15, 0.2) is 0 Å². The molecule has 0 unspecified atom stereocenters. The largest absolute Gasteiger partial charge is 0.444 e. The van der Waals surface area contributed by atoms with E-state index in [1.165, 1.54) is 23.1 Å². The summed E-state index contributed by atoms with van der Waals surface area (Å²) in [5.41, 5.74) is -1.59. The minimum absolute atomic E-state index is 0.0396. The molecule has 2 heterocycles. The summed E-state index contributed by atoms with van der Waals surface area (Å²) in [6, 6.07) is 3.76. The van der Waals surface area contributed by atoms with Crippen molar-refractivity contribution in [3.05, 3.63) is 38.9 Å². The number of carbonyl (C=O) groups is 3. The number of ether oxygens (including phenoxy) is 1. The molecule has 2 aromatic rings. The highest BCUT2D eigenvalue weighted by molar-refractivity contribution is 6.03. The van der Waals surface area contributed by atoms with Crippen molar-refractivity contribution in [1.82, 2.24) is 20.4 Å². The van der Waals surface area contributed by atoms with E-state index in [1.807, 2.05) is 0 Å². The van der Waals surface area contributed by atoms with E-state index in [9.17, 15) is 24.0 Å². The quantitative estimate of drug-likeness (QED) is 0.558. The first-order chi connectivity index (χ1) is 14.6. The molecule has 11 nitrogen and oxygen atoms in total. The topological polar surface area (TPSA) is 153 Å². The monoisotopic (exact) mass is 431 g/mol. The molecule has 3 amide bonds. The van der Waals surface area contributed by atoms with Crippen LogP contribution in [-0.4, -0.2) is 57.7 Å². The zero-order valence-electron chi connectivity index (χ0n) is 17.5. The summed E-state index contributed by atoms with van der Waals surface area (Å²) in [6.45, 7) is 5.26. The first kappa shape index (κ1) is 22.1. The van der Waals surface area contributed by atoms with Crippen molar-refractivity contribution in [3.63, 3.8) is 0 Å². The number of fused-ring (bicyclic) bond motifs is 1. The van der Waals surface area contributed by atoms with E-state index in [0.717, 1.165) is 0 Å². The number of aromatic amines is 2. The molecular formula is C20H25N5O6. The van der Waals surface area contributed by atoms with Crippen molar-refractivity contribution in [1.29, 1.82) is 0 Å². The Labute approximate surface area is 177 Å². The second-order valence-corrected chi connectivity index (χ2v) is 8.23. The Morgan fingerprint density at radius 2 is 1.87 bits per heavy atom. The molecule has 0 saturated carbocycles. The van der Waals surface area contributed by atoms with Gasteiger partial charge in [-0.2, -0.15) is 0 Å². The molecular weight excluding hydrogens is 406 g/mol. The van der Waals surface area contributed by atoms with Crippen LogP contribution in [0, 0.1) is 0 Å². The van der Waals surface area contributed by atoms with Gasteiger partial charge < -0.3 is 15.4 Å². The molecule has 0 aliphatic carbocycles. The summed E-state index contributed by atoms with van der Waals surface area (Å²) >= 11 is 0. The third kappa shape index (κ3) is 5.11. The SMILES string of the molecule is CC(C)(C)OC(=O)N1CCC[C@H]1C(=O)NCC(=O)Nc1cccc2c(=O)[nH][nH]c(=O)c12. The van der Waals surface area contributed by atoms with E-state index in [0.29, 0.717) is 19.4 Å². The molecule has 11 heteroatoms. The van der Waals surface area contributed by atoms with Crippen molar-refractivity contribution in [2.75, 3.05) is 18.4 Å². The van der Waals surface area contributed by atoms with Crippen LogP contribution in [0.15, 0.2) is 27.8 Å². The minimum Gasteiger partial charge on any atom is -0.444 e. The Hall–Kier alpha value is -3.63. The van der Waals surface area contributed by atoms with E-state index in [-0.39, 0.29) is 23.0 Å². The molecule has 1 aromatic carbocycles. The van der Waals surface area contributed by atoms with Crippen LogP contribution in [-0.2, 0) is 14.3 Å². The number of rotatable bonds is 4. The first-order valence-electron chi connectivity index (χ1n) is 9.87. The molecule has 0 bridgehead atoms. The normalized spacial score (nSPS) is 16.2. The lowest BCUT2D eigenvalue weighted by atomic mass is 10.1. The van der Waals surface area contributed by atoms with Crippen LogP contribution < -0.4 is 21.8 Å². The lowest BCUT2D eigenvalue weighted by Crippen LogP contribution is -2.48. The number of H-pyrrole nitrogens is 2. The van der Waals surface area contributed by atoms with E-state index in [2.05, 4.69) is 20.8 Å².